The van der Waals surface area contributed by atoms with Crippen molar-refractivity contribution in [3.63, 3.8) is 0 Å². The molecular weight excluding hydrogens is 468 g/mol. The van der Waals surface area contributed by atoms with Crippen LogP contribution in [0, 0.1) is 20.8 Å². The number of aliphatic imine (C=N–C) groups is 1. The summed E-state index contributed by atoms with van der Waals surface area (Å²) in [4.78, 5) is 4.86. The van der Waals surface area contributed by atoms with E-state index in [4.69, 9.17) is 4.99 Å². The summed E-state index contributed by atoms with van der Waals surface area (Å²) in [6.45, 7) is 2.21. The fraction of sp³-hybridized carbons (Fsp3) is 0.250. The Kier molecular flexibility index (Phi) is 10.6. The molecule has 5 rings (SSSR count). The van der Waals surface area contributed by atoms with Gasteiger partial charge in [-0.05, 0) is 55.7 Å². The summed E-state index contributed by atoms with van der Waals surface area (Å²) in [7, 11) is -0.947. The summed E-state index contributed by atoms with van der Waals surface area (Å²) in [5, 5.41) is 0. The van der Waals surface area contributed by atoms with Gasteiger partial charge in [0.25, 0.3) is 0 Å². The minimum absolute atomic E-state index is 0. The van der Waals surface area contributed by atoms with Gasteiger partial charge in [-0.25, -0.2) is 9.34 Å². The molecule has 3 aromatic rings. The molecule has 0 aromatic heterocycles. The molecule has 176 valence electrons. The molecule has 0 N–H and O–H groups in total. The van der Waals surface area contributed by atoms with Gasteiger partial charge in [-0.2, -0.15) is 0 Å². The summed E-state index contributed by atoms with van der Waals surface area (Å²) >= 11 is 0. The fourth-order valence-corrected chi connectivity index (χ4v) is 8.57. The molecule has 3 nitrogen and oxygen atoms in total. The third kappa shape index (κ3) is 6.05. The predicted molar refractivity (Wildman–Crippen MR) is 144 cm³/mol. The molecule has 1 aliphatic heterocycles. The van der Waals surface area contributed by atoms with Gasteiger partial charge >= 0.3 is 16.5 Å². The van der Waals surface area contributed by atoms with Crippen LogP contribution in [0.2, 0.25) is 0 Å². The number of hydrogen-bond donors (Lipinski definition) is 0. The maximum absolute atomic E-state index is 4.86. The zero-order valence-electron chi connectivity index (χ0n) is 19.6. The molecule has 0 spiro atoms. The van der Waals surface area contributed by atoms with Crippen LogP contribution in [0.3, 0.4) is 0 Å². The number of rotatable bonds is 5. The molecule has 2 unspecified atom stereocenters. The normalized spacial score (nSPS) is 20.2. The Morgan fingerprint density at radius 3 is 1.70 bits per heavy atom. The number of para-hydroxylation sites is 3. The van der Waals surface area contributed by atoms with Gasteiger partial charge in [0, 0.05) is 12.1 Å². The van der Waals surface area contributed by atoms with Crippen molar-refractivity contribution in [3.8, 4) is 0 Å². The van der Waals surface area contributed by atoms with Gasteiger partial charge in [-0.15, -0.1) is 0 Å². The Morgan fingerprint density at radius 1 is 0.697 bits per heavy atom. The van der Waals surface area contributed by atoms with Crippen molar-refractivity contribution in [1.29, 1.82) is 0 Å². The van der Waals surface area contributed by atoms with Crippen LogP contribution in [-0.2, 0) is 16.5 Å². The van der Waals surface area contributed by atoms with Crippen LogP contribution >= 0.6 is 8.22 Å². The van der Waals surface area contributed by atoms with E-state index >= 15 is 0 Å². The molecule has 1 heterocycles. The minimum atomic E-state index is -0.947. The molecule has 2 aliphatic rings. The van der Waals surface area contributed by atoms with Gasteiger partial charge < -0.3 is 14.9 Å². The van der Waals surface area contributed by atoms with Crippen molar-refractivity contribution in [2.75, 3.05) is 22.4 Å². The van der Waals surface area contributed by atoms with E-state index in [1.807, 2.05) is 0 Å². The third-order valence-corrected chi connectivity index (χ3v) is 9.76. The Bertz CT molecular complexity index is 921. The molecule has 5 heteroatoms. The van der Waals surface area contributed by atoms with Gasteiger partial charge in [-0.1, -0.05) is 54.6 Å². The number of anilines is 2. The van der Waals surface area contributed by atoms with E-state index in [1.165, 1.54) is 30.6 Å². The van der Waals surface area contributed by atoms with Gasteiger partial charge in [0.1, 0.15) is 5.66 Å². The second kappa shape index (κ2) is 12.9. The van der Waals surface area contributed by atoms with E-state index in [-0.39, 0.29) is 31.3 Å². The first-order valence-electron chi connectivity index (χ1n) is 11.0. The average Bonchev–Trinajstić information content (AvgIpc) is 3.46. The molecule has 1 saturated heterocycles. The van der Waals surface area contributed by atoms with Crippen molar-refractivity contribution in [1.82, 2.24) is 0 Å². The van der Waals surface area contributed by atoms with Gasteiger partial charge in [0.15, 0.2) is 8.22 Å². The van der Waals surface area contributed by atoms with Gasteiger partial charge in [-0.3, -0.25) is 4.99 Å². The Hall–Kier alpha value is -2.15. The molecule has 0 radical (unpaired) electrons. The maximum atomic E-state index is 4.86. The maximum Gasteiger partial charge on any atom is 2.00 e. The van der Waals surface area contributed by atoms with Gasteiger partial charge in [0.2, 0.25) is 0 Å². The second-order valence-corrected chi connectivity index (χ2v) is 10.7. The predicted octanol–water partition coefficient (Wildman–Crippen LogP) is 7.53. The Balaban J connectivity index is 0.00000128. The van der Waals surface area contributed by atoms with Crippen LogP contribution in [0.25, 0.3) is 0 Å². The van der Waals surface area contributed by atoms with Gasteiger partial charge in [0.05, 0.1) is 30.2 Å². The number of hydrogen-bond acceptors (Lipinski definition) is 3. The van der Waals surface area contributed by atoms with Crippen molar-refractivity contribution in [3.05, 3.63) is 106 Å². The molecule has 3 aromatic carbocycles. The molecule has 0 amide bonds. The Morgan fingerprint density at radius 2 is 1.18 bits per heavy atom. The standard InChI is InChI=1S/C26H28N3P.2CH3.Ni/c1-4-12-23(13-5-1)27-21-22-11-10-18-26(22)30-28(24-14-6-2-7-15-24)19-20-29(30)25-16-8-3-9-17-25;;;/h1-9,12-17,21-22,26H,10-11,18-20H2;2*1H3;/q;2*-1;+2/p+1. The van der Waals surface area contributed by atoms with Crippen LogP contribution in [0.1, 0.15) is 19.3 Å². The summed E-state index contributed by atoms with van der Waals surface area (Å²) in [6, 6.07) is 32.4. The first-order chi connectivity index (χ1) is 14.9. The quantitative estimate of drug-likeness (QED) is 0.155. The zero-order valence-corrected chi connectivity index (χ0v) is 21.6. The molecular formula is C28H35N3NiP+. The Labute approximate surface area is 211 Å². The van der Waals surface area contributed by atoms with Crippen molar-refractivity contribution < 1.29 is 16.5 Å². The summed E-state index contributed by atoms with van der Waals surface area (Å²) in [6.07, 6.45) is 6.11. The topological polar surface area (TPSA) is 18.8 Å². The summed E-state index contributed by atoms with van der Waals surface area (Å²) < 4.78 is 5.44. The largest absolute Gasteiger partial charge is 2.00 e. The van der Waals surface area contributed by atoms with E-state index in [2.05, 4.69) is 107 Å². The number of benzene rings is 3. The van der Waals surface area contributed by atoms with Crippen LogP contribution in [0.4, 0.5) is 17.1 Å². The van der Waals surface area contributed by atoms with Crippen LogP contribution in [-0.4, -0.2) is 25.0 Å². The van der Waals surface area contributed by atoms with Crippen molar-refractivity contribution in [2.24, 2.45) is 10.9 Å². The van der Waals surface area contributed by atoms with Crippen LogP contribution in [0.15, 0.2) is 96.0 Å². The SMILES string of the molecule is C(=Nc1ccccc1)C1CCCC1[PH+]1N(c2ccccc2)CCN1c1ccccc1.[CH3-].[CH3-].[Ni+2]. The molecule has 2 atom stereocenters. The minimum Gasteiger partial charge on any atom is -0.358 e. The van der Waals surface area contributed by atoms with Crippen molar-refractivity contribution >= 4 is 31.5 Å². The van der Waals surface area contributed by atoms with E-state index in [0.717, 1.165) is 18.8 Å². The van der Waals surface area contributed by atoms with Crippen LogP contribution < -0.4 is 9.34 Å². The van der Waals surface area contributed by atoms with E-state index in [9.17, 15) is 0 Å². The summed E-state index contributed by atoms with van der Waals surface area (Å²) in [5.41, 5.74) is 4.47. The van der Waals surface area contributed by atoms with E-state index in [0.29, 0.717) is 11.6 Å². The molecule has 1 aliphatic carbocycles. The second-order valence-electron chi connectivity index (χ2n) is 8.15. The third-order valence-electron chi connectivity index (χ3n) is 6.31. The van der Waals surface area contributed by atoms with E-state index < -0.39 is 8.22 Å². The monoisotopic (exact) mass is 502 g/mol. The smallest absolute Gasteiger partial charge is 0.358 e. The average molecular weight is 503 g/mol. The fourth-order valence-electron chi connectivity index (χ4n) is 4.90. The summed E-state index contributed by atoms with van der Waals surface area (Å²) in [5.74, 6) is 0.551. The molecule has 33 heavy (non-hydrogen) atoms. The first-order valence-corrected chi connectivity index (χ1v) is 12.5. The van der Waals surface area contributed by atoms with Crippen molar-refractivity contribution in [2.45, 2.75) is 24.9 Å². The molecule has 1 saturated carbocycles. The molecule has 2 fully saturated rings. The number of nitrogens with zero attached hydrogens (tertiary/aromatic N) is 3. The first kappa shape index (κ1) is 27.1. The molecule has 0 bridgehead atoms. The van der Waals surface area contributed by atoms with Crippen LogP contribution in [0.5, 0.6) is 0 Å². The van der Waals surface area contributed by atoms with E-state index in [1.54, 1.807) is 0 Å². The zero-order chi connectivity index (χ0) is 20.2.